The molecule has 2 aromatic carbocycles. The van der Waals surface area contributed by atoms with Crippen molar-refractivity contribution in [3.05, 3.63) is 97.1 Å². The summed E-state index contributed by atoms with van der Waals surface area (Å²) in [5, 5.41) is 13.4. The predicted octanol–water partition coefficient (Wildman–Crippen LogP) is 4.33. The number of alkyl halides is 1. The average molecular weight is 737 g/mol. The van der Waals surface area contributed by atoms with Crippen LogP contribution < -0.4 is 5.32 Å². The van der Waals surface area contributed by atoms with Gasteiger partial charge in [0.1, 0.15) is 17.7 Å². The highest BCUT2D eigenvalue weighted by atomic mass is 79.9. The van der Waals surface area contributed by atoms with Crippen LogP contribution in [0.25, 0.3) is 0 Å². The van der Waals surface area contributed by atoms with Crippen molar-refractivity contribution in [2.45, 2.75) is 74.4 Å². The van der Waals surface area contributed by atoms with Crippen LogP contribution in [-0.4, -0.2) is 86.9 Å². The number of hydrogen-bond donors (Lipinski definition) is 2. The van der Waals surface area contributed by atoms with E-state index in [-0.39, 0.29) is 55.2 Å². The molecule has 11 heteroatoms. The number of fused-ring (bicyclic) bond motifs is 1. The van der Waals surface area contributed by atoms with Gasteiger partial charge in [0.2, 0.25) is 17.7 Å². The monoisotopic (exact) mass is 735 g/mol. The number of rotatable bonds is 16. The number of hydrogen-bond acceptors (Lipinski definition) is 7. The molecule has 49 heavy (non-hydrogen) atoms. The second kappa shape index (κ2) is 15.8. The molecule has 3 amide bonds. The van der Waals surface area contributed by atoms with Crippen LogP contribution in [0.5, 0.6) is 0 Å². The van der Waals surface area contributed by atoms with E-state index in [4.69, 9.17) is 9.47 Å². The molecule has 1 unspecified atom stereocenters. The lowest BCUT2D eigenvalue weighted by Gasteiger charge is -2.40. The minimum Gasteiger partial charge on any atom is -0.455 e. The van der Waals surface area contributed by atoms with Crippen LogP contribution in [0.1, 0.15) is 50.3 Å². The molecule has 0 radical (unpaired) electrons. The van der Waals surface area contributed by atoms with Gasteiger partial charge in [-0.1, -0.05) is 103 Å². The van der Waals surface area contributed by atoms with Crippen LogP contribution in [-0.2, 0) is 35.2 Å². The number of carbonyl (C=O) groups excluding carboxylic acids is 4. The van der Waals surface area contributed by atoms with Crippen molar-refractivity contribution >= 4 is 39.6 Å². The fourth-order valence-corrected chi connectivity index (χ4v) is 8.54. The summed E-state index contributed by atoms with van der Waals surface area (Å²) in [6.07, 6.45) is 2.82. The van der Waals surface area contributed by atoms with Gasteiger partial charge in [0.05, 0.1) is 37.1 Å². The lowest BCUT2D eigenvalue weighted by Crippen LogP contribution is -2.59. The molecule has 10 nitrogen and oxygen atoms in total. The zero-order valence-corrected chi connectivity index (χ0v) is 29.7. The summed E-state index contributed by atoms with van der Waals surface area (Å²) < 4.78 is 12.9. The number of carbonyl (C=O) groups is 4. The third-order valence-corrected chi connectivity index (χ3v) is 10.8. The van der Waals surface area contributed by atoms with Gasteiger partial charge < -0.3 is 29.7 Å². The Bertz CT molecular complexity index is 1520. The maximum Gasteiger partial charge on any atom is 0.313 e. The highest BCUT2D eigenvalue weighted by Gasteiger charge is 2.77. The molecule has 3 saturated heterocycles. The van der Waals surface area contributed by atoms with Gasteiger partial charge in [0, 0.05) is 24.3 Å². The van der Waals surface area contributed by atoms with Crippen LogP contribution >= 0.6 is 15.9 Å². The number of amides is 3. The van der Waals surface area contributed by atoms with Crippen molar-refractivity contribution in [1.29, 1.82) is 0 Å². The molecule has 2 bridgehead atoms. The first-order valence-corrected chi connectivity index (χ1v) is 17.8. The standard InChI is InChI=1S/C38H46BrN3O7/c1-5-7-18-30(44)40-21-29(26-16-12-9-13-17-26)48-37(47)31-32-35(45)42(28(23-43)24(3)4)34(38(32)20-27(39)33(31)49-38)36(46)41(19-6-2)22-25-14-10-8-11-15-25/h5-6,8-17,24,27-29,31-34,43H,1-2,7,18-23H2,3-4H3,(H,40,44)/t27?,28-,29-,31-,32+,33-,34-,38+/m0/s1. The highest BCUT2D eigenvalue weighted by molar-refractivity contribution is 9.09. The summed E-state index contributed by atoms with van der Waals surface area (Å²) in [7, 11) is 0. The first-order valence-electron chi connectivity index (χ1n) is 16.9. The smallest absolute Gasteiger partial charge is 0.313 e. The number of likely N-dealkylation sites (tertiary alicyclic amines) is 1. The van der Waals surface area contributed by atoms with Gasteiger partial charge in [-0.25, -0.2) is 0 Å². The zero-order chi connectivity index (χ0) is 35.3. The lowest BCUT2D eigenvalue weighted by atomic mass is 9.70. The molecule has 2 aromatic rings. The molecule has 2 N–H and O–H groups in total. The number of allylic oxidation sites excluding steroid dienone is 1. The van der Waals surface area contributed by atoms with E-state index >= 15 is 0 Å². The SMILES string of the molecule is C=CCCC(=O)NC[C@H](OC(=O)[C@@H]1[C@H]2O[C@@]3(CC2Br)[C@H](C(=O)N(CC=C)Cc2ccccc2)N([C@@H](CO)C(C)C)C(=O)[C@@H]13)c1ccccc1. The molecule has 3 heterocycles. The maximum absolute atomic E-state index is 14.8. The van der Waals surface area contributed by atoms with Crippen molar-refractivity contribution in [2.75, 3.05) is 19.7 Å². The number of esters is 1. The number of aliphatic hydroxyl groups is 1. The average Bonchev–Trinajstić information content (AvgIpc) is 3.69. The van der Waals surface area contributed by atoms with Crippen molar-refractivity contribution in [1.82, 2.24) is 15.1 Å². The third-order valence-electron chi connectivity index (χ3n) is 9.91. The van der Waals surface area contributed by atoms with Crippen molar-refractivity contribution in [2.24, 2.45) is 17.8 Å². The molecule has 3 fully saturated rings. The summed E-state index contributed by atoms with van der Waals surface area (Å²) in [4.78, 5) is 59.0. The molecular weight excluding hydrogens is 690 g/mol. The highest BCUT2D eigenvalue weighted by Crippen LogP contribution is 2.61. The lowest BCUT2D eigenvalue weighted by molar-refractivity contribution is -0.161. The van der Waals surface area contributed by atoms with E-state index in [1.165, 1.54) is 4.90 Å². The van der Waals surface area contributed by atoms with Gasteiger partial charge in [0.15, 0.2) is 0 Å². The van der Waals surface area contributed by atoms with E-state index in [0.717, 1.165) is 5.56 Å². The molecule has 1 spiro atoms. The second-order valence-corrected chi connectivity index (χ2v) is 14.5. The quantitative estimate of drug-likeness (QED) is 0.149. The van der Waals surface area contributed by atoms with Crippen molar-refractivity contribution < 1.29 is 33.8 Å². The molecule has 8 atom stereocenters. The second-order valence-electron chi connectivity index (χ2n) is 13.4. The summed E-state index contributed by atoms with van der Waals surface area (Å²) in [5.74, 6) is -3.83. The molecule has 0 aliphatic carbocycles. The van der Waals surface area contributed by atoms with Gasteiger partial charge in [-0.2, -0.15) is 0 Å². The van der Waals surface area contributed by atoms with Crippen LogP contribution in [0.4, 0.5) is 0 Å². The van der Waals surface area contributed by atoms with Crippen LogP contribution in [0, 0.1) is 17.8 Å². The molecule has 0 saturated carbocycles. The van der Waals surface area contributed by atoms with Crippen LogP contribution in [0.3, 0.4) is 0 Å². The van der Waals surface area contributed by atoms with E-state index in [2.05, 4.69) is 34.4 Å². The molecule has 5 rings (SSSR count). The Hall–Kier alpha value is -3.80. The minimum atomic E-state index is -1.34. The Labute approximate surface area is 296 Å². The summed E-state index contributed by atoms with van der Waals surface area (Å²) in [6.45, 7) is 11.5. The fraction of sp³-hybridized carbons (Fsp3) is 0.474. The molecule has 262 valence electrons. The Morgan fingerprint density at radius 3 is 2.41 bits per heavy atom. The molecule has 3 aliphatic rings. The molecular formula is C38H46BrN3O7. The Morgan fingerprint density at radius 1 is 1.12 bits per heavy atom. The van der Waals surface area contributed by atoms with E-state index < -0.39 is 53.6 Å². The van der Waals surface area contributed by atoms with Gasteiger partial charge in [0.25, 0.3) is 0 Å². The maximum atomic E-state index is 14.8. The summed E-state index contributed by atoms with van der Waals surface area (Å²) >= 11 is 3.72. The van der Waals surface area contributed by atoms with E-state index in [1.807, 2.05) is 74.5 Å². The summed E-state index contributed by atoms with van der Waals surface area (Å²) in [6, 6.07) is 16.9. The topological polar surface area (TPSA) is 125 Å². The molecule has 3 aliphatic heterocycles. The first kappa shape index (κ1) is 36.5. The molecule has 0 aromatic heterocycles. The number of nitrogens with one attached hydrogen (secondary N) is 1. The van der Waals surface area contributed by atoms with Crippen LogP contribution in [0.2, 0.25) is 0 Å². The predicted molar refractivity (Wildman–Crippen MR) is 188 cm³/mol. The van der Waals surface area contributed by atoms with Gasteiger partial charge in [-0.05, 0) is 29.9 Å². The Balaban J connectivity index is 1.50. The summed E-state index contributed by atoms with van der Waals surface area (Å²) in [5.41, 5.74) is 0.254. The largest absolute Gasteiger partial charge is 0.455 e. The number of ether oxygens (including phenoxy) is 2. The minimum absolute atomic E-state index is 0.0364. The van der Waals surface area contributed by atoms with E-state index in [0.29, 0.717) is 18.4 Å². The van der Waals surface area contributed by atoms with E-state index in [1.54, 1.807) is 17.1 Å². The number of benzene rings is 2. The normalized spacial score (nSPS) is 26.6. The number of nitrogens with zero attached hydrogens (tertiary/aromatic N) is 2. The Morgan fingerprint density at radius 2 is 1.80 bits per heavy atom. The van der Waals surface area contributed by atoms with Gasteiger partial charge >= 0.3 is 5.97 Å². The van der Waals surface area contributed by atoms with E-state index in [9.17, 15) is 24.3 Å². The number of halogens is 1. The Kier molecular flexibility index (Phi) is 11.8. The fourth-order valence-electron chi connectivity index (χ4n) is 7.60. The van der Waals surface area contributed by atoms with Gasteiger partial charge in [-0.3, -0.25) is 19.2 Å². The zero-order valence-electron chi connectivity index (χ0n) is 28.1. The van der Waals surface area contributed by atoms with Gasteiger partial charge in [-0.15, -0.1) is 13.2 Å². The van der Waals surface area contributed by atoms with Crippen LogP contribution in [0.15, 0.2) is 86.0 Å². The first-order chi connectivity index (χ1) is 23.6. The third kappa shape index (κ3) is 7.25. The van der Waals surface area contributed by atoms with Crippen molar-refractivity contribution in [3.63, 3.8) is 0 Å². The van der Waals surface area contributed by atoms with Crippen molar-refractivity contribution in [3.8, 4) is 0 Å². The number of aliphatic hydroxyl groups excluding tert-OH is 1.